The molecule has 0 saturated heterocycles. The van der Waals surface area contributed by atoms with Crippen LogP contribution >= 0.6 is 0 Å². The fraction of sp³-hybridized carbons (Fsp3) is 0.417. The summed E-state index contributed by atoms with van der Waals surface area (Å²) < 4.78 is 41.2. The average Bonchev–Trinajstić information content (AvgIpc) is 2.73. The van der Waals surface area contributed by atoms with Crippen molar-refractivity contribution in [3.8, 4) is 5.75 Å². The molecule has 2 aromatic rings. The minimum absolute atomic E-state index is 0.0383. The van der Waals surface area contributed by atoms with E-state index in [1.54, 1.807) is 0 Å². The molecule has 1 atom stereocenters. The summed E-state index contributed by atoms with van der Waals surface area (Å²) in [5.41, 5.74) is 1.25. The third-order valence-electron chi connectivity index (χ3n) is 2.96. The Hall–Kier alpha value is -1.72. The van der Waals surface area contributed by atoms with Gasteiger partial charge in [0.1, 0.15) is 5.75 Å². The van der Waals surface area contributed by atoms with E-state index in [9.17, 15) is 13.2 Å². The number of nitrogens with zero attached hydrogens (tertiary/aromatic N) is 1. The number of hydrogen-bond acceptors (Lipinski definition) is 2. The molecule has 1 aromatic carbocycles. The molecular weight excluding hydrogens is 245 g/mol. The van der Waals surface area contributed by atoms with Gasteiger partial charge in [-0.1, -0.05) is 13.8 Å². The first-order valence-corrected chi connectivity index (χ1v) is 5.64. The number of hydrogen-bond donors (Lipinski definition) is 1. The Morgan fingerprint density at radius 2 is 2.11 bits per heavy atom. The van der Waals surface area contributed by atoms with Gasteiger partial charge < -0.3 is 4.74 Å². The van der Waals surface area contributed by atoms with Crippen LogP contribution in [0.25, 0.3) is 10.9 Å². The molecule has 0 saturated carbocycles. The molecule has 98 valence electrons. The van der Waals surface area contributed by atoms with Crippen LogP contribution in [0.1, 0.15) is 31.7 Å². The van der Waals surface area contributed by atoms with Crippen molar-refractivity contribution in [2.24, 2.45) is 0 Å². The molecule has 0 aliphatic heterocycles. The Morgan fingerprint density at radius 1 is 1.39 bits per heavy atom. The maximum absolute atomic E-state index is 12.4. The van der Waals surface area contributed by atoms with Crippen molar-refractivity contribution in [2.75, 3.05) is 0 Å². The zero-order chi connectivity index (χ0) is 13.3. The van der Waals surface area contributed by atoms with E-state index in [0.717, 1.165) is 6.42 Å². The molecule has 0 radical (unpaired) electrons. The van der Waals surface area contributed by atoms with Crippen LogP contribution in [-0.4, -0.2) is 16.6 Å². The first-order valence-electron chi connectivity index (χ1n) is 5.64. The van der Waals surface area contributed by atoms with Crippen LogP contribution in [0.15, 0.2) is 18.3 Å². The van der Waals surface area contributed by atoms with Crippen LogP contribution in [0.2, 0.25) is 0 Å². The van der Waals surface area contributed by atoms with Crippen molar-refractivity contribution < 1.29 is 17.9 Å². The summed E-state index contributed by atoms with van der Waals surface area (Å²) in [6.45, 7) is 3.78. The van der Waals surface area contributed by atoms with E-state index in [1.165, 1.54) is 18.3 Å². The Kier molecular flexibility index (Phi) is 3.19. The van der Waals surface area contributed by atoms with Crippen molar-refractivity contribution >= 4 is 10.9 Å². The number of aromatic nitrogens is 2. The van der Waals surface area contributed by atoms with E-state index >= 15 is 0 Å². The van der Waals surface area contributed by atoms with Gasteiger partial charge in [0.05, 0.1) is 11.7 Å². The first kappa shape index (κ1) is 12.7. The maximum Gasteiger partial charge on any atom is 0.573 e. The summed E-state index contributed by atoms with van der Waals surface area (Å²) in [5.74, 6) is -0.186. The van der Waals surface area contributed by atoms with Crippen molar-refractivity contribution in [2.45, 2.75) is 32.5 Å². The highest BCUT2D eigenvalue weighted by atomic mass is 19.4. The SMILES string of the molecule is CCC(C)c1c(OC(F)(F)F)ccc2[nH]ncc12. The third kappa shape index (κ3) is 2.42. The summed E-state index contributed by atoms with van der Waals surface area (Å²) in [6, 6.07) is 2.87. The molecule has 0 fully saturated rings. The summed E-state index contributed by atoms with van der Waals surface area (Å²) in [7, 11) is 0. The maximum atomic E-state index is 12.4. The second-order valence-electron chi connectivity index (χ2n) is 4.17. The van der Waals surface area contributed by atoms with E-state index < -0.39 is 6.36 Å². The van der Waals surface area contributed by atoms with Gasteiger partial charge in [0.2, 0.25) is 0 Å². The Morgan fingerprint density at radius 3 is 2.72 bits per heavy atom. The molecule has 1 heterocycles. The molecule has 18 heavy (non-hydrogen) atoms. The van der Waals surface area contributed by atoms with Crippen LogP contribution in [0, 0.1) is 0 Å². The summed E-state index contributed by atoms with van der Waals surface area (Å²) in [6.07, 6.45) is -2.43. The number of nitrogens with one attached hydrogen (secondary N) is 1. The third-order valence-corrected chi connectivity index (χ3v) is 2.96. The quantitative estimate of drug-likeness (QED) is 0.904. The number of benzene rings is 1. The number of halogens is 3. The summed E-state index contributed by atoms with van der Waals surface area (Å²) >= 11 is 0. The van der Waals surface area contributed by atoms with Gasteiger partial charge in [-0.2, -0.15) is 5.10 Å². The van der Waals surface area contributed by atoms with Gasteiger partial charge in [-0.05, 0) is 24.5 Å². The number of ether oxygens (including phenoxy) is 1. The second kappa shape index (κ2) is 4.51. The Labute approximate surface area is 102 Å². The number of H-pyrrole nitrogens is 1. The Balaban J connectivity index is 2.57. The average molecular weight is 258 g/mol. The summed E-state index contributed by atoms with van der Waals surface area (Å²) in [4.78, 5) is 0. The lowest BCUT2D eigenvalue weighted by Crippen LogP contribution is -2.18. The Bertz CT molecular complexity index is 548. The van der Waals surface area contributed by atoms with Gasteiger partial charge in [-0.25, -0.2) is 0 Å². The number of fused-ring (bicyclic) bond motifs is 1. The second-order valence-corrected chi connectivity index (χ2v) is 4.17. The molecule has 0 aliphatic rings. The minimum atomic E-state index is -4.68. The van der Waals surface area contributed by atoms with E-state index in [4.69, 9.17) is 0 Å². The lowest BCUT2D eigenvalue weighted by Gasteiger charge is -2.17. The highest BCUT2D eigenvalue weighted by Crippen LogP contribution is 2.37. The molecule has 0 bridgehead atoms. The fourth-order valence-electron chi connectivity index (χ4n) is 1.95. The normalized spacial score (nSPS) is 13.8. The molecule has 3 nitrogen and oxygen atoms in total. The molecule has 0 aliphatic carbocycles. The van der Waals surface area contributed by atoms with Crippen molar-refractivity contribution in [1.29, 1.82) is 0 Å². The summed E-state index contributed by atoms with van der Waals surface area (Å²) in [5, 5.41) is 7.27. The zero-order valence-corrected chi connectivity index (χ0v) is 10.0. The molecule has 6 heteroatoms. The van der Waals surface area contributed by atoms with Gasteiger partial charge in [0.25, 0.3) is 0 Å². The smallest absolute Gasteiger partial charge is 0.405 e. The van der Waals surface area contributed by atoms with Gasteiger partial charge >= 0.3 is 6.36 Å². The van der Waals surface area contributed by atoms with Crippen LogP contribution in [0.3, 0.4) is 0 Å². The van der Waals surface area contributed by atoms with Gasteiger partial charge in [-0.3, -0.25) is 5.10 Å². The predicted molar refractivity (Wildman–Crippen MR) is 61.5 cm³/mol. The molecule has 1 unspecified atom stereocenters. The minimum Gasteiger partial charge on any atom is -0.405 e. The number of aromatic amines is 1. The monoisotopic (exact) mass is 258 g/mol. The van der Waals surface area contributed by atoms with Crippen LogP contribution in [0.5, 0.6) is 5.75 Å². The van der Waals surface area contributed by atoms with Gasteiger partial charge in [0.15, 0.2) is 0 Å². The fourth-order valence-corrected chi connectivity index (χ4v) is 1.95. The van der Waals surface area contributed by atoms with Crippen LogP contribution in [-0.2, 0) is 0 Å². The van der Waals surface area contributed by atoms with Crippen molar-refractivity contribution in [3.05, 3.63) is 23.9 Å². The molecule has 1 N–H and O–H groups in total. The molecular formula is C12H13F3N2O. The topological polar surface area (TPSA) is 37.9 Å². The molecule has 2 rings (SSSR count). The largest absolute Gasteiger partial charge is 0.573 e. The van der Waals surface area contributed by atoms with Crippen molar-refractivity contribution in [1.82, 2.24) is 10.2 Å². The lowest BCUT2D eigenvalue weighted by molar-refractivity contribution is -0.274. The molecule has 0 spiro atoms. The van der Waals surface area contributed by atoms with Gasteiger partial charge in [-0.15, -0.1) is 13.2 Å². The van der Waals surface area contributed by atoms with E-state index in [2.05, 4.69) is 14.9 Å². The molecule has 0 amide bonds. The highest BCUT2D eigenvalue weighted by Gasteiger charge is 2.33. The van der Waals surface area contributed by atoms with Gasteiger partial charge in [0, 0.05) is 10.9 Å². The van der Waals surface area contributed by atoms with Crippen LogP contribution in [0.4, 0.5) is 13.2 Å². The predicted octanol–water partition coefficient (Wildman–Crippen LogP) is 3.98. The highest BCUT2D eigenvalue weighted by molar-refractivity contribution is 5.84. The lowest BCUT2D eigenvalue weighted by atomic mass is 9.94. The van der Waals surface area contributed by atoms with Crippen molar-refractivity contribution in [3.63, 3.8) is 0 Å². The zero-order valence-electron chi connectivity index (χ0n) is 10.0. The standard InChI is InChI=1S/C12H13F3N2O/c1-3-7(2)11-8-6-16-17-9(8)4-5-10(11)18-12(13,14)15/h4-7H,3H2,1-2H3,(H,16,17). The van der Waals surface area contributed by atoms with E-state index in [0.29, 0.717) is 16.5 Å². The number of rotatable bonds is 3. The van der Waals surface area contributed by atoms with E-state index in [-0.39, 0.29) is 11.7 Å². The number of alkyl halides is 3. The van der Waals surface area contributed by atoms with E-state index in [1.807, 2.05) is 13.8 Å². The first-order chi connectivity index (χ1) is 8.42. The molecule has 1 aromatic heterocycles. The van der Waals surface area contributed by atoms with Crippen LogP contribution < -0.4 is 4.74 Å².